The molecule has 22 heavy (non-hydrogen) atoms. The van der Waals surface area contributed by atoms with Crippen LogP contribution in [0.2, 0.25) is 0 Å². The molecule has 0 aromatic heterocycles. The fourth-order valence-electron chi connectivity index (χ4n) is 2.27. The molecule has 4 nitrogen and oxygen atoms in total. The van der Waals surface area contributed by atoms with Gasteiger partial charge in [-0.05, 0) is 48.2 Å². The summed E-state index contributed by atoms with van der Waals surface area (Å²) in [7, 11) is 0. The molecular weight excluding hydrogens is 389 g/mol. The summed E-state index contributed by atoms with van der Waals surface area (Å²) in [4.78, 5) is 4.33. The second-order valence-corrected chi connectivity index (χ2v) is 5.13. The van der Waals surface area contributed by atoms with E-state index < -0.39 is 0 Å². The van der Waals surface area contributed by atoms with Crippen LogP contribution in [0.25, 0.3) is 0 Å². The lowest BCUT2D eigenvalue weighted by Gasteiger charge is -2.09. The zero-order valence-corrected chi connectivity index (χ0v) is 15.2. The number of rotatable bonds is 4. The summed E-state index contributed by atoms with van der Waals surface area (Å²) in [6, 6.07) is 13.8. The fourth-order valence-corrected chi connectivity index (χ4v) is 2.27. The first-order chi connectivity index (χ1) is 10.1. The summed E-state index contributed by atoms with van der Waals surface area (Å²) >= 11 is 0. The van der Waals surface area contributed by atoms with E-state index in [0.717, 1.165) is 16.8 Å². The van der Waals surface area contributed by atoms with Gasteiger partial charge in [-0.2, -0.15) is 0 Å². The zero-order chi connectivity index (χ0) is 15.2. The third-order valence-electron chi connectivity index (χ3n) is 3.20. The molecule has 2 rings (SSSR count). The molecule has 0 heterocycles. The molecule has 0 radical (unpaired) electrons. The van der Waals surface area contributed by atoms with Gasteiger partial charge in [0, 0.05) is 5.69 Å². The van der Waals surface area contributed by atoms with Crippen LogP contribution in [0.4, 0.5) is 5.69 Å². The van der Waals surface area contributed by atoms with Crippen molar-refractivity contribution >= 4 is 35.6 Å². The molecule has 4 N–H and O–H groups in total. The number of halogens is 1. The minimum atomic E-state index is 0. The molecule has 0 unspecified atom stereocenters. The van der Waals surface area contributed by atoms with Crippen molar-refractivity contribution in [3.05, 3.63) is 64.7 Å². The van der Waals surface area contributed by atoms with Crippen molar-refractivity contribution in [3.63, 3.8) is 0 Å². The van der Waals surface area contributed by atoms with Crippen molar-refractivity contribution in [3.8, 4) is 0 Å². The standard InChI is InChI=1S/C17H21N3O.HI/c1-12-7-13(2)9-16(8-12)20-17(18)19-10-14-5-3-4-6-15(14)11-21;/h3-9,21H,10-11H2,1-2H3,(H3,18,19,20);1H. The van der Waals surface area contributed by atoms with E-state index >= 15 is 0 Å². The van der Waals surface area contributed by atoms with Crippen molar-refractivity contribution in [2.45, 2.75) is 27.0 Å². The molecule has 0 aliphatic carbocycles. The van der Waals surface area contributed by atoms with Crippen LogP contribution < -0.4 is 11.1 Å². The van der Waals surface area contributed by atoms with Crippen LogP contribution in [0.15, 0.2) is 47.5 Å². The van der Waals surface area contributed by atoms with Crippen LogP contribution in [-0.4, -0.2) is 11.1 Å². The molecule has 0 amide bonds. The van der Waals surface area contributed by atoms with Crippen LogP contribution in [-0.2, 0) is 13.2 Å². The molecule has 0 spiro atoms. The molecule has 2 aromatic rings. The van der Waals surface area contributed by atoms with E-state index in [1.807, 2.05) is 50.2 Å². The number of aliphatic imine (C=N–C) groups is 1. The molecule has 0 aliphatic heterocycles. The van der Waals surface area contributed by atoms with E-state index in [0.29, 0.717) is 12.5 Å². The van der Waals surface area contributed by atoms with Gasteiger partial charge in [-0.25, -0.2) is 4.99 Å². The third kappa shape index (κ3) is 5.31. The lowest BCUT2D eigenvalue weighted by atomic mass is 10.1. The zero-order valence-electron chi connectivity index (χ0n) is 12.8. The van der Waals surface area contributed by atoms with Gasteiger partial charge in [-0.15, -0.1) is 24.0 Å². The minimum absolute atomic E-state index is 0. The molecule has 0 saturated carbocycles. The largest absolute Gasteiger partial charge is 0.392 e. The fraction of sp³-hybridized carbons (Fsp3) is 0.235. The van der Waals surface area contributed by atoms with E-state index in [4.69, 9.17) is 5.73 Å². The summed E-state index contributed by atoms with van der Waals surface area (Å²) in [6.45, 7) is 4.54. The molecule has 5 heteroatoms. The number of guanidine groups is 1. The van der Waals surface area contributed by atoms with Gasteiger partial charge in [0.1, 0.15) is 0 Å². The Morgan fingerprint density at radius 2 is 1.68 bits per heavy atom. The maximum absolute atomic E-state index is 9.28. The molecule has 0 aliphatic rings. The molecule has 118 valence electrons. The minimum Gasteiger partial charge on any atom is -0.392 e. The first-order valence-electron chi connectivity index (χ1n) is 6.91. The number of nitrogens with zero attached hydrogens (tertiary/aromatic N) is 1. The molecule has 0 saturated heterocycles. The molecule has 2 aromatic carbocycles. The van der Waals surface area contributed by atoms with Gasteiger partial charge >= 0.3 is 0 Å². The number of hydrogen-bond donors (Lipinski definition) is 3. The Hall–Kier alpha value is -1.60. The van der Waals surface area contributed by atoms with Crippen molar-refractivity contribution in [1.82, 2.24) is 0 Å². The van der Waals surface area contributed by atoms with E-state index in [1.165, 1.54) is 11.1 Å². The van der Waals surface area contributed by atoms with Gasteiger partial charge in [0.05, 0.1) is 13.2 Å². The molecular formula is C17H22IN3O. The number of aliphatic hydroxyl groups is 1. The predicted octanol–water partition coefficient (Wildman–Crippen LogP) is 3.34. The number of aryl methyl sites for hydroxylation is 2. The highest BCUT2D eigenvalue weighted by Crippen LogP contribution is 2.14. The SMILES string of the molecule is Cc1cc(C)cc(NC(N)=NCc2ccccc2CO)c1.I. The van der Waals surface area contributed by atoms with E-state index in [2.05, 4.69) is 16.4 Å². The molecule has 0 fully saturated rings. The van der Waals surface area contributed by atoms with Gasteiger partial charge in [0.15, 0.2) is 5.96 Å². The third-order valence-corrected chi connectivity index (χ3v) is 3.20. The summed E-state index contributed by atoms with van der Waals surface area (Å²) in [5, 5.41) is 12.4. The van der Waals surface area contributed by atoms with Crippen molar-refractivity contribution in [1.29, 1.82) is 0 Å². The van der Waals surface area contributed by atoms with Crippen molar-refractivity contribution in [2.24, 2.45) is 10.7 Å². The second-order valence-electron chi connectivity index (χ2n) is 5.13. The topological polar surface area (TPSA) is 70.6 Å². The van der Waals surface area contributed by atoms with Gasteiger partial charge in [-0.3, -0.25) is 0 Å². The summed E-state index contributed by atoms with van der Waals surface area (Å²) < 4.78 is 0. The number of hydrogen-bond acceptors (Lipinski definition) is 2. The normalized spacial score (nSPS) is 11.0. The Labute approximate surface area is 148 Å². The van der Waals surface area contributed by atoms with E-state index in [1.54, 1.807) is 0 Å². The number of aliphatic hydroxyl groups excluding tert-OH is 1. The Morgan fingerprint density at radius 3 is 2.27 bits per heavy atom. The maximum atomic E-state index is 9.28. The van der Waals surface area contributed by atoms with Crippen LogP contribution in [0.5, 0.6) is 0 Å². The lowest BCUT2D eigenvalue weighted by Crippen LogP contribution is -2.22. The number of nitrogens with two attached hydrogens (primary N) is 1. The average molecular weight is 411 g/mol. The predicted molar refractivity (Wildman–Crippen MR) is 103 cm³/mol. The van der Waals surface area contributed by atoms with Gasteiger partial charge in [0.2, 0.25) is 0 Å². The highest BCUT2D eigenvalue weighted by molar-refractivity contribution is 14.0. The van der Waals surface area contributed by atoms with E-state index in [9.17, 15) is 5.11 Å². The molecule has 0 bridgehead atoms. The van der Waals surface area contributed by atoms with Crippen molar-refractivity contribution < 1.29 is 5.11 Å². The smallest absolute Gasteiger partial charge is 0.193 e. The first-order valence-corrected chi connectivity index (χ1v) is 6.91. The Kier molecular flexibility index (Phi) is 7.34. The van der Waals surface area contributed by atoms with Crippen LogP contribution in [0.3, 0.4) is 0 Å². The Bertz CT molecular complexity index is 636. The summed E-state index contributed by atoms with van der Waals surface area (Å²) in [6.07, 6.45) is 0. The van der Waals surface area contributed by atoms with Gasteiger partial charge in [0.25, 0.3) is 0 Å². The average Bonchev–Trinajstić information content (AvgIpc) is 2.44. The highest BCUT2D eigenvalue weighted by Gasteiger charge is 2.01. The maximum Gasteiger partial charge on any atom is 0.193 e. The summed E-state index contributed by atoms with van der Waals surface area (Å²) in [5.41, 5.74) is 11.1. The van der Waals surface area contributed by atoms with Gasteiger partial charge < -0.3 is 16.2 Å². The first kappa shape index (κ1) is 18.4. The number of benzene rings is 2. The molecule has 0 atom stereocenters. The summed E-state index contributed by atoms with van der Waals surface area (Å²) in [5.74, 6) is 0.368. The van der Waals surface area contributed by atoms with Crippen molar-refractivity contribution in [2.75, 3.05) is 5.32 Å². The van der Waals surface area contributed by atoms with Crippen LogP contribution >= 0.6 is 24.0 Å². The quantitative estimate of drug-likeness (QED) is 0.411. The monoisotopic (exact) mass is 411 g/mol. The Balaban J connectivity index is 0.00000242. The lowest BCUT2D eigenvalue weighted by molar-refractivity contribution is 0.280. The number of nitrogens with one attached hydrogen (secondary N) is 1. The highest BCUT2D eigenvalue weighted by atomic mass is 127. The van der Waals surface area contributed by atoms with Gasteiger partial charge in [-0.1, -0.05) is 30.3 Å². The van der Waals surface area contributed by atoms with E-state index in [-0.39, 0.29) is 30.6 Å². The second kappa shape index (κ2) is 8.75. The van der Waals surface area contributed by atoms with Crippen LogP contribution in [0, 0.1) is 13.8 Å². The number of anilines is 1. The Morgan fingerprint density at radius 1 is 1.09 bits per heavy atom. The van der Waals surface area contributed by atoms with Crippen LogP contribution in [0.1, 0.15) is 22.3 Å².